The Hall–Kier alpha value is -3.08. The molecular formula is C28H35N3O6. The van der Waals surface area contributed by atoms with Gasteiger partial charge in [0.25, 0.3) is 6.29 Å². The zero-order valence-electron chi connectivity index (χ0n) is 21.9. The first-order chi connectivity index (χ1) is 18.0. The summed E-state index contributed by atoms with van der Waals surface area (Å²) in [5.74, 6) is 0. The maximum atomic E-state index is 10.00. The number of ether oxygens (including phenoxy) is 4. The van der Waals surface area contributed by atoms with Gasteiger partial charge in [-0.1, -0.05) is 48.5 Å². The Bertz CT molecular complexity index is 1150. The molecule has 37 heavy (non-hydrogen) atoms. The Kier molecular flexibility index (Phi) is 9.07. The standard InChI is InChI=1S/C28H35N3O6/c1-6-24(32)21-11-13-22(14-12-21)31-16-15-23(30-31)20-9-7-19(8-10-20)17-29-37-28-27(35-5)26(34-4)25(33-3)18(2)36-28/h7-18,24-28,32H,6H2,1-5H3/b29-17+/t18-,24?,25-,26+,27+,28-/m0/s1. The van der Waals surface area contributed by atoms with Crippen LogP contribution in [0.5, 0.6) is 0 Å². The second-order valence-electron chi connectivity index (χ2n) is 8.93. The lowest BCUT2D eigenvalue weighted by Crippen LogP contribution is -2.59. The summed E-state index contributed by atoms with van der Waals surface area (Å²) in [6.45, 7) is 3.86. The van der Waals surface area contributed by atoms with E-state index in [1.807, 2.05) is 79.3 Å². The van der Waals surface area contributed by atoms with Gasteiger partial charge in [0, 0.05) is 33.1 Å². The van der Waals surface area contributed by atoms with Crippen molar-refractivity contribution in [3.8, 4) is 16.9 Å². The van der Waals surface area contributed by atoms with Crippen LogP contribution >= 0.6 is 0 Å². The van der Waals surface area contributed by atoms with Crippen molar-refractivity contribution < 1.29 is 28.9 Å². The molecule has 0 spiro atoms. The number of rotatable bonds is 10. The first-order valence-electron chi connectivity index (χ1n) is 12.4. The number of methoxy groups -OCH3 is 3. The van der Waals surface area contributed by atoms with Crippen LogP contribution in [-0.4, -0.2) is 73.1 Å². The SMILES string of the molecule is CCC(O)c1ccc(-n2ccc(-c3ccc(/C=N/O[C@@H]4O[C@@H](C)[C@H](OC)[C@@H](OC)[C@H]4OC)cc3)n2)cc1. The molecule has 0 bridgehead atoms. The third kappa shape index (κ3) is 6.08. The second kappa shape index (κ2) is 12.4. The molecule has 1 unspecified atom stereocenters. The van der Waals surface area contributed by atoms with E-state index in [9.17, 15) is 5.11 Å². The average Bonchev–Trinajstić information content (AvgIpc) is 3.43. The average molecular weight is 510 g/mol. The van der Waals surface area contributed by atoms with Gasteiger partial charge in [0.2, 0.25) is 0 Å². The topological polar surface area (TPSA) is 96.6 Å². The molecule has 9 heteroatoms. The van der Waals surface area contributed by atoms with Gasteiger partial charge in [0.15, 0.2) is 6.10 Å². The van der Waals surface area contributed by atoms with Gasteiger partial charge in [-0.3, -0.25) is 0 Å². The molecular weight excluding hydrogens is 474 g/mol. The van der Waals surface area contributed by atoms with E-state index in [4.69, 9.17) is 28.9 Å². The smallest absolute Gasteiger partial charge is 0.256 e. The zero-order chi connectivity index (χ0) is 26.4. The van der Waals surface area contributed by atoms with E-state index >= 15 is 0 Å². The number of oxime groups is 1. The monoisotopic (exact) mass is 509 g/mol. The van der Waals surface area contributed by atoms with Crippen molar-refractivity contribution in [3.05, 3.63) is 71.9 Å². The van der Waals surface area contributed by atoms with E-state index < -0.39 is 18.5 Å². The Labute approximate surface area is 217 Å². The Balaban J connectivity index is 1.39. The summed E-state index contributed by atoms with van der Waals surface area (Å²) >= 11 is 0. The molecule has 1 aliphatic rings. The van der Waals surface area contributed by atoms with Crippen LogP contribution in [0, 0.1) is 0 Å². The van der Waals surface area contributed by atoms with E-state index in [2.05, 4.69) is 5.16 Å². The van der Waals surface area contributed by atoms with Gasteiger partial charge in [-0.2, -0.15) is 5.10 Å². The first-order valence-corrected chi connectivity index (χ1v) is 12.4. The normalized spacial score (nSPS) is 24.9. The van der Waals surface area contributed by atoms with Gasteiger partial charge in [-0.25, -0.2) is 4.68 Å². The van der Waals surface area contributed by atoms with Gasteiger partial charge >= 0.3 is 0 Å². The fourth-order valence-corrected chi connectivity index (χ4v) is 4.50. The third-order valence-electron chi connectivity index (χ3n) is 6.63. The lowest BCUT2D eigenvalue weighted by atomic mass is 9.99. The minimum Gasteiger partial charge on any atom is -0.388 e. The van der Waals surface area contributed by atoms with E-state index in [1.165, 1.54) is 0 Å². The molecule has 9 nitrogen and oxygen atoms in total. The van der Waals surface area contributed by atoms with E-state index in [0.29, 0.717) is 6.42 Å². The number of hydrogen-bond acceptors (Lipinski definition) is 8. The molecule has 0 amide bonds. The van der Waals surface area contributed by atoms with Gasteiger partial charge in [0.1, 0.15) is 12.2 Å². The highest BCUT2D eigenvalue weighted by Gasteiger charge is 2.46. The van der Waals surface area contributed by atoms with Crippen LogP contribution in [-0.2, 0) is 23.8 Å². The molecule has 4 rings (SSSR count). The van der Waals surface area contributed by atoms with Crippen molar-refractivity contribution >= 4 is 6.21 Å². The maximum absolute atomic E-state index is 10.00. The summed E-state index contributed by atoms with van der Waals surface area (Å²) in [5, 5.41) is 18.8. The van der Waals surface area contributed by atoms with Crippen LogP contribution in [0.2, 0.25) is 0 Å². The van der Waals surface area contributed by atoms with E-state index in [1.54, 1.807) is 27.5 Å². The van der Waals surface area contributed by atoms with Gasteiger partial charge in [-0.05, 0) is 42.7 Å². The largest absolute Gasteiger partial charge is 0.388 e. The summed E-state index contributed by atoms with van der Waals surface area (Å²) in [4.78, 5) is 5.64. The number of benzene rings is 2. The molecule has 1 aromatic heterocycles. The number of hydrogen-bond donors (Lipinski definition) is 1. The summed E-state index contributed by atoms with van der Waals surface area (Å²) in [5.41, 5.74) is 4.53. The fourth-order valence-electron chi connectivity index (χ4n) is 4.50. The zero-order valence-corrected chi connectivity index (χ0v) is 21.9. The quantitative estimate of drug-likeness (QED) is 0.324. The highest BCUT2D eigenvalue weighted by atomic mass is 16.8. The molecule has 1 fully saturated rings. The molecule has 2 aromatic carbocycles. The van der Waals surface area contributed by atoms with Gasteiger partial charge in [-0.15, -0.1) is 0 Å². The Morgan fingerprint density at radius 1 is 0.973 bits per heavy atom. The molecule has 1 aliphatic heterocycles. The fraction of sp³-hybridized carbons (Fsp3) is 0.429. The van der Waals surface area contributed by atoms with Crippen LogP contribution in [0.15, 0.2) is 65.9 Å². The van der Waals surface area contributed by atoms with E-state index in [-0.39, 0.29) is 18.3 Å². The second-order valence-corrected chi connectivity index (χ2v) is 8.93. The van der Waals surface area contributed by atoms with Crippen LogP contribution in [0.1, 0.15) is 37.5 Å². The molecule has 2 heterocycles. The first kappa shape index (κ1) is 27.0. The lowest BCUT2D eigenvalue weighted by Gasteiger charge is -2.42. The van der Waals surface area contributed by atoms with Gasteiger partial charge in [0.05, 0.1) is 29.8 Å². The third-order valence-corrected chi connectivity index (χ3v) is 6.63. The van der Waals surface area contributed by atoms with Crippen LogP contribution in [0.3, 0.4) is 0 Å². The van der Waals surface area contributed by atoms with Crippen molar-refractivity contribution in [3.63, 3.8) is 0 Å². The molecule has 3 aromatic rings. The van der Waals surface area contributed by atoms with Crippen molar-refractivity contribution in [2.45, 2.75) is 57.1 Å². The van der Waals surface area contributed by atoms with Gasteiger partial charge < -0.3 is 28.9 Å². The summed E-state index contributed by atoms with van der Waals surface area (Å²) in [6.07, 6.45) is 1.69. The molecule has 0 aliphatic carbocycles. The molecule has 198 valence electrons. The summed E-state index contributed by atoms with van der Waals surface area (Å²) in [7, 11) is 4.81. The van der Waals surface area contributed by atoms with Crippen LogP contribution < -0.4 is 0 Å². The van der Waals surface area contributed by atoms with Crippen molar-refractivity contribution in [1.29, 1.82) is 0 Å². The molecule has 6 atom stereocenters. The van der Waals surface area contributed by atoms with E-state index in [0.717, 1.165) is 28.1 Å². The maximum Gasteiger partial charge on any atom is 0.256 e. The number of nitrogens with zero attached hydrogens (tertiary/aromatic N) is 3. The van der Waals surface area contributed by atoms with Crippen LogP contribution in [0.25, 0.3) is 16.9 Å². The molecule has 1 saturated heterocycles. The van der Waals surface area contributed by atoms with Crippen molar-refractivity contribution in [2.24, 2.45) is 5.16 Å². The molecule has 1 N–H and O–H groups in total. The Morgan fingerprint density at radius 2 is 1.65 bits per heavy atom. The minimum atomic E-state index is -0.727. The highest BCUT2D eigenvalue weighted by Crippen LogP contribution is 2.28. The predicted octanol–water partition coefficient (Wildman–Crippen LogP) is 4.12. The Morgan fingerprint density at radius 3 is 2.27 bits per heavy atom. The minimum absolute atomic E-state index is 0.249. The van der Waals surface area contributed by atoms with Crippen LogP contribution in [0.4, 0.5) is 0 Å². The summed E-state index contributed by atoms with van der Waals surface area (Å²) in [6, 6.07) is 17.6. The molecule has 0 radical (unpaired) electrons. The number of aliphatic hydroxyl groups is 1. The molecule has 0 saturated carbocycles. The number of aliphatic hydroxyl groups excluding tert-OH is 1. The summed E-state index contributed by atoms with van der Waals surface area (Å²) < 4.78 is 24.4. The van der Waals surface area contributed by atoms with Crippen molar-refractivity contribution in [2.75, 3.05) is 21.3 Å². The van der Waals surface area contributed by atoms with Crippen molar-refractivity contribution in [1.82, 2.24) is 9.78 Å². The number of aromatic nitrogens is 2. The highest BCUT2D eigenvalue weighted by molar-refractivity contribution is 5.80. The predicted molar refractivity (Wildman–Crippen MR) is 140 cm³/mol. The lowest BCUT2D eigenvalue weighted by molar-refractivity contribution is -0.305.